The zero-order chi connectivity index (χ0) is 9.84. The van der Waals surface area contributed by atoms with Gasteiger partial charge in [-0.25, -0.2) is 0 Å². The summed E-state index contributed by atoms with van der Waals surface area (Å²) in [6.45, 7) is 0. The third-order valence-electron chi connectivity index (χ3n) is 2.56. The van der Waals surface area contributed by atoms with Gasteiger partial charge in [0, 0.05) is 0 Å². The van der Waals surface area contributed by atoms with Gasteiger partial charge in [-0.1, -0.05) is 0 Å². The van der Waals surface area contributed by atoms with Crippen molar-refractivity contribution in [2.24, 2.45) is 0 Å². The van der Waals surface area contributed by atoms with E-state index in [4.69, 9.17) is 5.26 Å². The van der Waals surface area contributed by atoms with Crippen LogP contribution < -0.4 is 0 Å². The van der Waals surface area contributed by atoms with Crippen LogP contribution >= 0.6 is 0 Å². The number of nitriles is 1. The van der Waals surface area contributed by atoms with Crippen LogP contribution in [-0.4, -0.2) is 37.1 Å². The molecular formula is C9H14N2O2. The fourth-order valence-electron chi connectivity index (χ4n) is 1.70. The highest BCUT2D eigenvalue weighted by Gasteiger charge is 2.32. The number of piperidine rings is 1. The molecule has 13 heavy (non-hydrogen) atoms. The Hall–Kier alpha value is -1.08. The van der Waals surface area contributed by atoms with E-state index in [1.165, 1.54) is 7.11 Å². The minimum atomic E-state index is -0.234. The molecule has 1 heterocycles. The zero-order valence-corrected chi connectivity index (χ0v) is 7.99. The lowest BCUT2D eigenvalue weighted by atomic mass is 9.97. The minimum Gasteiger partial charge on any atom is -0.468 e. The quantitative estimate of drug-likeness (QED) is 0.555. The van der Waals surface area contributed by atoms with Gasteiger partial charge in [-0.3, -0.25) is 9.69 Å². The molecule has 72 valence electrons. The highest BCUT2D eigenvalue weighted by molar-refractivity contribution is 5.75. The van der Waals surface area contributed by atoms with E-state index in [1.807, 2.05) is 0 Å². The number of carbonyl (C=O) groups excluding carboxylic acids is 1. The van der Waals surface area contributed by atoms with Crippen LogP contribution in [0.3, 0.4) is 0 Å². The van der Waals surface area contributed by atoms with Crippen molar-refractivity contribution < 1.29 is 9.53 Å². The van der Waals surface area contributed by atoms with Crippen molar-refractivity contribution in [1.82, 2.24) is 4.90 Å². The highest BCUT2D eigenvalue weighted by atomic mass is 16.5. The van der Waals surface area contributed by atoms with Crippen LogP contribution in [0, 0.1) is 11.3 Å². The third kappa shape index (κ3) is 1.99. The van der Waals surface area contributed by atoms with Crippen LogP contribution in [0.5, 0.6) is 0 Å². The van der Waals surface area contributed by atoms with Gasteiger partial charge in [0.05, 0.1) is 19.2 Å². The molecule has 1 rings (SSSR count). The molecule has 1 fully saturated rings. The van der Waals surface area contributed by atoms with E-state index < -0.39 is 0 Å². The molecule has 0 N–H and O–H groups in total. The first-order valence-corrected chi connectivity index (χ1v) is 4.40. The molecule has 0 saturated carbocycles. The highest BCUT2D eigenvalue weighted by Crippen LogP contribution is 2.21. The Morgan fingerprint density at radius 2 is 2.31 bits per heavy atom. The van der Waals surface area contributed by atoms with Gasteiger partial charge in [-0.15, -0.1) is 0 Å². The van der Waals surface area contributed by atoms with Gasteiger partial charge in [0.2, 0.25) is 0 Å². The number of rotatable bonds is 1. The summed E-state index contributed by atoms with van der Waals surface area (Å²) >= 11 is 0. The average Bonchev–Trinajstić information content (AvgIpc) is 2.17. The fraction of sp³-hybridized carbons (Fsp3) is 0.778. The molecule has 1 aliphatic heterocycles. The zero-order valence-electron chi connectivity index (χ0n) is 7.99. The molecule has 0 aromatic rings. The van der Waals surface area contributed by atoms with Gasteiger partial charge in [0.25, 0.3) is 0 Å². The lowest BCUT2D eigenvalue weighted by Crippen LogP contribution is -2.47. The molecular weight excluding hydrogens is 168 g/mol. The maximum atomic E-state index is 11.3. The molecule has 0 amide bonds. The largest absolute Gasteiger partial charge is 0.468 e. The number of nitrogens with zero attached hydrogens (tertiary/aromatic N) is 2. The summed E-state index contributed by atoms with van der Waals surface area (Å²) < 4.78 is 4.66. The Morgan fingerprint density at radius 1 is 1.62 bits per heavy atom. The van der Waals surface area contributed by atoms with E-state index in [0.717, 1.165) is 19.3 Å². The van der Waals surface area contributed by atoms with Gasteiger partial charge in [0.1, 0.15) is 6.04 Å². The van der Waals surface area contributed by atoms with Crippen molar-refractivity contribution in [3.05, 3.63) is 0 Å². The maximum Gasteiger partial charge on any atom is 0.323 e. The number of hydrogen-bond donors (Lipinski definition) is 0. The lowest BCUT2D eigenvalue weighted by Gasteiger charge is -2.33. The topological polar surface area (TPSA) is 53.3 Å². The van der Waals surface area contributed by atoms with Crippen molar-refractivity contribution in [3.63, 3.8) is 0 Å². The summed E-state index contributed by atoms with van der Waals surface area (Å²) in [7, 11) is 3.18. The van der Waals surface area contributed by atoms with Gasteiger partial charge in [-0.05, 0) is 26.3 Å². The number of hydrogen-bond acceptors (Lipinski definition) is 4. The molecule has 1 saturated heterocycles. The normalized spacial score (nSPS) is 29.3. The molecule has 0 aromatic heterocycles. The molecule has 2 atom stereocenters. The summed E-state index contributed by atoms with van der Waals surface area (Å²) in [6.07, 6.45) is 2.56. The first-order chi connectivity index (χ1) is 6.20. The van der Waals surface area contributed by atoms with Crippen LogP contribution in [0.4, 0.5) is 0 Å². The summed E-state index contributed by atoms with van der Waals surface area (Å²) in [6, 6.07) is 1.81. The first-order valence-electron chi connectivity index (χ1n) is 4.40. The predicted octanol–water partition coefficient (Wildman–Crippen LogP) is 0.536. The number of likely N-dealkylation sites (tertiary alicyclic amines) is 1. The van der Waals surface area contributed by atoms with E-state index >= 15 is 0 Å². The number of esters is 1. The van der Waals surface area contributed by atoms with Crippen molar-refractivity contribution >= 4 is 5.97 Å². The minimum absolute atomic E-state index is 0.141. The Kier molecular flexibility index (Phi) is 3.26. The lowest BCUT2D eigenvalue weighted by molar-refractivity contribution is -0.148. The SMILES string of the molecule is COC(=O)C1CCCC(C#N)N1C. The monoisotopic (exact) mass is 182 g/mol. The molecule has 4 nitrogen and oxygen atoms in total. The number of likely N-dealkylation sites (N-methyl/N-ethyl adjacent to an activating group) is 1. The average molecular weight is 182 g/mol. The second-order valence-corrected chi connectivity index (χ2v) is 3.28. The van der Waals surface area contributed by atoms with Gasteiger partial charge in [-0.2, -0.15) is 5.26 Å². The predicted molar refractivity (Wildman–Crippen MR) is 46.8 cm³/mol. The Labute approximate surface area is 78.1 Å². The van der Waals surface area contributed by atoms with Crippen LogP contribution in [0.1, 0.15) is 19.3 Å². The van der Waals surface area contributed by atoms with Crippen LogP contribution in [-0.2, 0) is 9.53 Å². The molecule has 0 aromatic carbocycles. The number of methoxy groups -OCH3 is 1. The van der Waals surface area contributed by atoms with Crippen molar-refractivity contribution in [3.8, 4) is 6.07 Å². The van der Waals surface area contributed by atoms with E-state index in [1.54, 1.807) is 11.9 Å². The summed E-state index contributed by atoms with van der Waals surface area (Å²) in [5.41, 5.74) is 0. The summed E-state index contributed by atoms with van der Waals surface area (Å²) in [5.74, 6) is -0.234. The molecule has 0 aliphatic carbocycles. The van der Waals surface area contributed by atoms with Gasteiger partial charge < -0.3 is 4.74 Å². The van der Waals surface area contributed by atoms with Crippen molar-refractivity contribution in [2.75, 3.05) is 14.2 Å². The van der Waals surface area contributed by atoms with Crippen LogP contribution in [0.25, 0.3) is 0 Å². The first kappa shape index (κ1) is 10.0. The second-order valence-electron chi connectivity index (χ2n) is 3.28. The summed E-state index contributed by atoms with van der Waals surface area (Å²) in [5, 5.41) is 8.79. The molecule has 0 spiro atoms. The Bertz CT molecular complexity index is 234. The van der Waals surface area contributed by atoms with E-state index in [-0.39, 0.29) is 18.1 Å². The molecule has 0 radical (unpaired) electrons. The molecule has 4 heteroatoms. The van der Waals surface area contributed by atoms with Gasteiger partial charge in [0.15, 0.2) is 0 Å². The molecule has 0 bridgehead atoms. The van der Waals surface area contributed by atoms with E-state index in [0.29, 0.717) is 0 Å². The third-order valence-corrected chi connectivity index (χ3v) is 2.56. The maximum absolute atomic E-state index is 11.3. The number of ether oxygens (including phenoxy) is 1. The van der Waals surface area contributed by atoms with Crippen LogP contribution in [0.2, 0.25) is 0 Å². The molecule has 2 unspecified atom stereocenters. The van der Waals surface area contributed by atoms with Crippen LogP contribution in [0.15, 0.2) is 0 Å². The van der Waals surface area contributed by atoms with Gasteiger partial charge >= 0.3 is 5.97 Å². The van der Waals surface area contributed by atoms with Crippen molar-refractivity contribution in [2.45, 2.75) is 31.3 Å². The standard InChI is InChI=1S/C9H14N2O2/c1-11-7(6-10)4-3-5-8(11)9(12)13-2/h7-8H,3-5H2,1-2H3. The Morgan fingerprint density at radius 3 is 2.85 bits per heavy atom. The molecule has 1 aliphatic rings. The smallest absolute Gasteiger partial charge is 0.323 e. The second kappa shape index (κ2) is 4.24. The summed E-state index contributed by atoms with van der Waals surface area (Å²) in [4.78, 5) is 13.1. The fourth-order valence-corrected chi connectivity index (χ4v) is 1.70. The number of carbonyl (C=O) groups is 1. The van der Waals surface area contributed by atoms with Crippen molar-refractivity contribution in [1.29, 1.82) is 5.26 Å². The van der Waals surface area contributed by atoms with E-state index in [2.05, 4.69) is 10.8 Å². The Balaban J connectivity index is 2.66. The van der Waals surface area contributed by atoms with E-state index in [9.17, 15) is 4.79 Å².